The molecule has 3 nitrogen and oxygen atoms in total. The highest BCUT2D eigenvalue weighted by atomic mass is 32.1. The van der Waals surface area contributed by atoms with Crippen molar-refractivity contribution < 1.29 is 18.3 Å². The number of hydrogen-bond acceptors (Lipinski definition) is 3. The van der Waals surface area contributed by atoms with Gasteiger partial charge in [-0.2, -0.15) is 0 Å². The molecule has 21 heavy (non-hydrogen) atoms. The lowest BCUT2D eigenvalue weighted by molar-refractivity contribution is 0.0955. The number of ether oxygens (including phenoxy) is 1. The fraction of sp³-hybridized carbons (Fsp3) is 0.267. The van der Waals surface area contributed by atoms with Crippen LogP contribution in [0.25, 0.3) is 10.4 Å². The van der Waals surface area contributed by atoms with Crippen LogP contribution in [0.15, 0.2) is 24.3 Å². The zero-order chi connectivity index (χ0) is 15.0. The Labute approximate surface area is 124 Å². The first-order chi connectivity index (χ1) is 10.1. The minimum atomic E-state index is -0.759. The van der Waals surface area contributed by atoms with Crippen LogP contribution in [-0.2, 0) is 0 Å². The Kier molecular flexibility index (Phi) is 3.63. The summed E-state index contributed by atoms with van der Waals surface area (Å²) < 4.78 is 32.1. The molecule has 1 aliphatic rings. The second-order valence-electron chi connectivity index (χ2n) is 4.88. The maximum Gasteiger partial charge on any atom is 0.261 e. The summed E-state index contributed by atoms with van der Waals surface area (Å²) in [7, 11) is 1.33. The molecule has 2 aromatic rings. The van der Waals surface area contributed by atoms with Crippen LogP contribution >= 0.6 is 11.3 Å². The van der Waals surface area contributed by atoms with Gasteiger partial charge in [0.1, 0.15) is 5.82 Å². The number of benzene rings is 1. The van der Waals surface area contributed by atoms with Crippen LogP contribution in [0.3, 0.4) is 0 Å². The highest BCUT2D eigenvalue weighted by molar-refractivity contribution is 7.17. The summed E-state index contributed by atoms with van der Waals surface area (Å²) in [6.45, 7) is 0. The number of hydrogen-bond donors (Lipinski definition) is 1. The molecule has 1 aromatic carbocycles. The minimum Gasteiger partial charge on any atom is -0.493 e. The molecule has 1 amide bonds. The highest BCUT2D eigenvalue weighted by Crippen LogP contribution is 2.37. The predicted octanol–water partition coefficient (Wildman–Crippen LogP) is 3.59. The Bertz CT molecular complexity index is 695. The molecule has 110 valence electrons. The van der Waals surface area contributed by atoms with E-state index < -0.39 is 11.6 Å². The van der Waals surface area contributed by atoms with Gasteiger partial charge in [0.25, 0.3) is 5.91 Å². The fourth-order valence-corrected chi connectivity index (χ4v) is 2.96. The molecule has 0 unspecified atom stereocenters. The fourth-order valence-electron chi connectivity index (χ4n) is 2.04. The Hall–Kier alpha value is -1.95. The van der Waals surface area contributed by atoms with Crippen molar-refractivity contribution in [1.29, 1.82) is 0 Å². The molecule has 1 saturated carbocycles. The molecule has 1 N–H and O–H groups in total. The molecule has 6 heteroatoms. The number of thiophene rings is 1. The average Bonchev–Trinajstić information content (AvgIpc) is 3.11. The van der Waals surface area contributed by atoms with E-state index in [1.54, 1.807) is 12.1 Å². The second kappa shape index (κ2) is 5.44. The van der Waals surface area contributed by atoms with E-state index in [1.807, 2.05) is 0 Å². The molecule has 1 heterocycles. The van der Waals surface area contributed by atoms with Crippen molar-refractivity contribution in [2.75, 3.05) is 7.11 Å². The smallest absolute Gasteiger partial charge is 0.261 e. The number of carbonyl (C=O) groups is 1. The summed E-state index contributed by atoms with van der Waals surface area (Å²) in [4.78, 5) is 13.1. The van der Waals surface area contributed by atoms with E-state index in [1.165, 1.54) is 24.5 Å². The molecular weight excluding hydrogens is 296 g/mol. The first-order valence-corrected chi connectivity index (χ1v) is 7.34. The molecule has 1 aromatic heterocycles. The van der Waals surface area contributed by atoms with Crippen LogP contribution < -0.4 is 10.1 Å². The molecule has 1 fully saturated rings. The molecule has 0 spiro atoms. The maximum atomic E-state index is 13.7. The van der Waals surface area contributed by atoms with Gasteiger partial charge in [0.2, 0.25) is 0 Å². The van der Waals surface area contributed by atoms with Crippen LogP contribution in [0, 0.1) is 11.6 Å². The first kappa shape index (κ1) is 14.0. The van der Waals surface area contributed by atoms with Crippen LogP contribution in [-0.4, -0.2) is 19.1 Å². The van der Waals surface area contributed by atoms with Crippen LogP contribution in [0.4, 0.5) is 8.78 Å². The summed E-state index contributed by atoms with van der Waals surface area (Å²) >= 11 is 1.19. The Morgan fingerprint density at radius 2 is 2.10 bits per heavy atom. The quantitative estimate of drug-likeness (QED) is 0.937. The molecule has 0 bridgehead atoms. The number of carbonyl (C=O) groups excluding carboxylic acids is 1. The van der Waals surface area contributed by atoms with Crippen LogP contribution in [0.2, 0.25) is 0 Å². The third-order valence-corrected chi connectivity index (χ3v) is 4.34. The van der Waals surface area contributed by atoms with Gasteiger partial charge in [0.15, 0.2) is 11.6 Å². The first-order valence-electron chi connectivity index (χ1n) is 6.52. The largest absolute Gasteiger partial charge is 0.493 e. The van der Waals surface area contributed by atoms with Gasteiger partial charge in [-0.1, -0.05) is 0 Å². The number of halogens is 2. The van der Waals surface area contributed by atoms with Crippen LogP contribution in [0.5, 0.6) is 5.75 Å². The van der Waals surface area contributed by atoms with E-state index in [9.17, 15) is 13.6 Å². The van der Waals surface area contributed by atoms with Gasteiger partial charge < -0.3 is 10.1 Å². The highest BCUT2D eigenvalue weighted by Gasteiger charge is 2.25. The molecule has 0 radical (unpaired) electrons. The third-order valence-electron chi connectivity index (χ3n) is 3.22. The second-order valence-corrected chi connectivity index (χ2v) is 5.96. The SMILES string of the molecule is COc1c(F)cc(F)cc1-c1ccc(C(=O)NC2CC2)s1. The topological polar surface area (TPSA) is 38.3 Å². The maximum absolute atomic E-state index is 13.7. The van der Waals surface area contributed by atoms with Gasteiger partial charge in [-0.25, -0.2) is 8.78 Å². The summed E-state index contributed by atoms with van der Waals surface area (Å²) in [5.74, 6) is -1.61. The van der Waals surface area contributed by atoms with Crippen molar-refractivity contribution in [2.24, 2.45) is 0 Å². The zero-order valence-electron chi connectivity index (χ0n) is 11.3. The minimum absolute atomic E-state index is 0.0209. The third kappa shape index (κ3) is 2.90. The normalized spacial score (nSPS) is 14.0. The summed E-state index contributed by atoms with van der Waals surface area (Å²) in [5, 5.41) is 2.88. The predicted molar refractivity (Wildman–Crippen MR) is 76.7 cm³/mol. The van der Waals surface area contributed by atoms with Gasteiger partial charge in [0.05, 0.1) is 12.0 Å². The van der Waals surface area contributed by atoms with Crippen molar-refractivity contribution in [3.8, 4) is 16.2 Å². The lowest BCUT2D eigenvalue weighted by atomic mass is 10.1. The van der Waals surface area contributed by atoms with Crippen molar-refractivity contribution >= 4 is 17.2 Å². The Morgan fingerprint density at radius 3 is 2.76 bits per heavy atom. The van der Waals surface area contributed by atoms with E-state index in [2.05, 4.69) is 5.32 Å². The van der Waals surface area contributed by atoms with E-state index in [-0.39, 0.29) is 17.7 Å². The lowest BCUT2D eigenvalue weighted by Gasteiger charge is -2.08. The zero-order valence-corrected chi connectivity index (χ0v) is 12.1. The molecular formula is C15H13F2NO2S. The van der Waals surface area contributed by atoms with Crippen molar-refractivity contribution in [2.45, 2.75) is 18.9 Å². The standard InChI is InChI=1S/C15H13F2NO2S/c1-20-14-10(6-8(16)7-11(14)17)12-4-5-13(21-12)15(19)18-9-2-3-9/h4-7,9H,2-3H2,1H3,(H,18,19). The number of nitrogens with one attached hydrogen (secondary N) is 1. The van der Waals surface area contributed by atoms with E-state index >= 15 is 0 Å². The van der Waals surface area contributed by atoms with Gasteiger partial charge in [-0.15, -0.1) is 11.3 Å². The monoisotopic (exact) mass is 309 g/mol. The number of amides is 1. The molecule has 1 aliphatic carbocycles. The van der Waals surface area contributed by atoms with Crippen LogP contribution in [0.1, 0.15) is 22.5 Å². The molecule has 0 saturated heterocycles. The van der Waals surface area contributed by atoms with Gasteiger partial charge in [-0.3, -0.25) is 4.79 Å². The van der Waals surface area contributed by atoms with Gasteiger partial charge in [-0.05, 0) is 31.0 Å². The number of methoxy groups -OCH3 is 1. The average molecular weight is 309 g/mol. The van der Waals surface area contributed by atoms with E-state index in [4.69, 9.17) is 4.74 Å². The Morgan fingerprint density at radius 1 is 1.33 bits per heavy atom. The van der Waals surface area contributed by atoms with E-state index in [0.29, 0.717) is 15.3 Å². The molecule has 3 rings (SSSR count). The molecule has 0 aliphatic heterocycles. The van der Waals surface area contributed by atoms with Gasteiger partial charge in [0, 0.05) is 22.5 Å². The number of rotatable bonds is 4. The summed E-state index contributed by atoms with van der Waals surface area (Å²) in [5.41, 5.74) is 0.311. The molecule has 0 atom stereocenters. The van der Waals surface area contributed by atoms with Crippen molar-refractivity contribution in [3.05, 3.63) is 40.8 Å². The van der Waals surface area contributed by atoms with E-state index in [0.717, 1.165) is 18.9 Å². The summed E-state index contributed by atoms with van der Waals surface area (Å²) in [6.07, 6.45) is 2.01. The summed E-state index contributed by atoms with van der Waals surface area (Å²) in [6, 6.07) is 5.57. The van der Waals surface area contributed by atoms with Gasteiger partial charge >= 0.3 is 0 Å². The lowest BCUT2D eigenvalue weighted by Crippen LogP contribution is -2.24. The van der Waals surface area contributed by atoms with Crippen molar-refractivity contribution in [3.63, 3.8) is 0 Å². The Balaban J connectivity index is 1.93. The van der Waals surface area contributed by atoms with Crippen molar-refractivity contribution in [1.82, 2.24) is 5.32 Å².